The first-order valence-electron chi connectivity index (χ1n) is 10.8. The monoisotopic (exact) mass is 449 g/mol. The van der Waals surface area contributed by atoms with E-state index in [1.54, 1.807) is 6.20 Å². The molecule has 0 bridgehead atoms. The van der Waals surface area contributed by atoms with Crippen molar-refractivity contribution in [3.8, 4) is 22.8 Å². The summed E-state index contributed by atoms with van der Waals surface area (Å²) in [6, 6.07) is 15.6. The summed E-state index contributed by atoms with van der Waals surface area (Å²) in [7, 11) is 5.90. The van der Waals surface area contributed by atoms with E-state index in [2.05, 4.69) is 20.2 Å². The zero-order valence-corrected chi connectivity index (χ0v) is 19.3. The lowest BCUT2D eigenvalue weighted by Crippen LogP contribution is -2.21. The van der Waals surface area contributed by atoms with Crippen molar-refractivity contribution in [2.24, 2.45) is 5.92 Å². The summed E-state index contributed by atoms with van der Waals surface area (Å²) in [6.07, 6.45) is 3.44. The van der Waals surface area contributed by atoms with Gasteiger partial charge in [0.1, 0.15) is 24.4 Å². The molecule has 1 aliphatic heterocycles. The van der Waals surface area contributed by atoms with Gasteiger partial charge in [-0.15, -0.1) is 0 Å². The van der Waals surface area contributed by atoms with Gasteiger partial charge in [0.2, 0.25) is 5.95 Å². The topological polar surface area (TPSA) is 103 Å². The number of aldehydes is 1. The summed E-state index contributed by atoms with van der Waals surface area (Å²) in [6.45, 7) is 2.01. The third-order valence-corrected chi connectivity index (χ3v) is 5.12. The van der Waals surface area contributed by atoms with Gasteiger partial charge in [0.05, 0.1) is 23.9 Å². The highest BCUT2D eigenvalue weighted by Gasteiger charge is 2.18. The minimum absolute atomic E-state index is 0.0416. The molecule has 0 saturated carbocycles. The molecular weight excluding hydrogens is 418 g/mol. The van der Waals surface area contributed by atoms with E-state index >= 15 is 0 Å². The molecule has 3 aromatic rings. The van der Waals surface area contributed by atoms with Crippen LogP contribution in [0.4, 0.5) is 11.6 Å². The molecule has 2 aromatic carbocycles. The van der Waals surface area contributed by atoms with Crippen LogP contribution in [-0.4, -0.2) is 62.1 Å². The lowest BCUT2D eigenvalue weighted by Gasteiger charge is -2.20. The van der Waals surface area contributed by atoms with Crippen LogP contribution >= 0.6 is 0 Å². The van der Waals surface area contributed by atoms with Crippen LogP contribution in [0, 0.1) is 5.92 Å². The molecule has 3 N–H and O–H groups in total. The number of benzene rings is 2. The fraction of sp³-hybridized carbons (Fsp3) is 0.320. The van der Waals surface area contributed by atoms with Crippen LogP contribution in [-0.2, 0) is 11.2 Å². The summed E-state index contributed by atoms with van der Waals surface area (Å²) in [5.74, 6) is 2.03. The molecule has 0 amide bonds. The van der Waals surface area contributed by atoms with Crippen LogP contribution < -0.4 is 20.5 Å². The summed E-state index contributed by atoms with van der Waals surface area (Å²) >= 11 is 0. The Hall–Kier alpha value is -3.65. The normalized spacial score (nSPS) is 14.4. The Balaban J connectivity index is 0.000000215. The minimum atomic E-state index is 0.0416. The largest absolute Gasteiger partial charge is 0.493 e. The molecule has 174 valence electrons. The smallest absolute Gasteiger partial charge is 0.220 e. The van der Waals surface area contributed by atoms with Crippen LogP contribution in [0.5, 0.6) is 11.5 Å². The Morgan fingerprint density at radius 3 is 2.79 bits per heavy atom. The number of carbonyl (C=O) groups is 1. The molecule has 8 nitrogen and oxygen atoms in total. The van der Waals surface area contributed by atoms with Crippen LogP contribution in [0.1, 0.15) is 5.56 Å². The third kappa shape index (κ3) is 6.92. The number of rotatable bonds is 7. The summed E-state index contributed by atoms with van der Waals surface area (Å²) in [5, 5.41) is 3.13. The maximum Gasteiger partial charge on any atom is 0.220 e. The molecule has 8 heteroatoms. The molecular formula is C25H31N5O3. The number of para-hydroxylation sites is 1. The highest BCUT2D eigenvalue weighted by atomic mass is 16.5. The molecule has 0 aliphatic carbocycles. The number of nitrogen functional groups attached to an aromatic ring is 1. The molecule has 0 spiro atoms. The van der Waals surface area contributed by atoms with Crippen molar-refractivity contribution in [1.29, 1.82) is 0 Å². The van der Waals surface area contributed by atoms with Crippen molar-refractivity contribution in [3.05, 3.63) is 60.3 Å². The highest BCUT2D eigenvalue weighted by molar-refractivity contribution is 5.69. The van der Waals surface area contributed by atoms with Crippen molar-refractivity contribution >= 4 is 17.9 Å². The number of ether oxygens (including phenoxy) is 2. The maximum absolute atomic E-state index is 10.5. The first kappa shape index (κ1) is 24.0. The van der Waals surface area contributed by atoms with Crippen LogP contribution in [0.2, 0.25) is 0 Å². The Morgan fingerprint density at radius 1 is 1.24 bits per heavy atom. The van der Waals surface area contributed by atoms with Crippen molar-refractivity contribution in [2.45, 2.75) is 6.42 Å². The Bertz CT molecular complexity index is 1060. The van der Waals surface area contributed by atoms with E-state index in [1.807, 2.05) is 69.7 Å². The molecule has 33 heavy (non-hydrogen) atoms. The number of nitrogens with zero attached hydrogens (tertiary/aromatic N) is 3. The van der Waals surface area contributed by atoms with Crippen LogP contribution in [0.3, 0.4) is 0 Å². The average Bonchev–Trinajstić information content (AvgIpc) is 2.84. The molecule has 0 radical (unpaired) electrons. The second-order valence-electron chi connectivity index (χ2n) is 7.93. The number of carbonyl (C=O) groups excluding carboxylic acids is 1. The van der Waals surface area contributed by atoms with Crippen LogP contribution in [0.15, 0.2) is 54.7 Å². The minimum Gasteiger partial charge on any atom is -0.493 e. The predicted molar refractivity (Wildman–Crippen MR) is 131 cm³/mol. The predicted octanol–water partition coefficient (Wildman–Crippen LogP) is 3.14. The first-order valence-corrected chi connectivity index (χ1v) is 10.8. The summed E-state index contributed by atoms with van der Waals surface area (Å²) in [5.41, 5.74) is 9.44. The van der Waals surface area contributed by atoms with Gasteiger partial charge in [-0.2, -0.15) is 0 Å². The second kappa shape index (κ2) is 11.8. The SMILES string of the molecule is CNc1ccc(-c2ccnc(N)n2)cc1OCCN(C)C.O=CC1COc2ccccc2C1. The van der Waals surface area contributed by atoms with E-state index < -0.39 is 0 Å². The molecule has 1 atom stereocenters. The molecule has 0 fully saturated rings. The van der Waals surface area contributed by atoms with E-state index in [0.29, 0.717) is 13.2 Å². The molecule has 0 saturated heterocycles. The van der Waals surface area contributed by atoms with Gasteiger partial charge in [0, 0.05) is 25.4 Å². The third-order valence-electron chi connectivity index (χ3n) is 5.12. The van der Waals surface area contributed by atoms with Crippen molar-refractivity contribution < 1.29 is 14.3 Å². The van der Waals surface area contributed by atoms with Gasteiger partial charge < -0.3 is 30.2 Å². The number of likely N-dealkylation sites (N-methyl/N-ethyl adjacent to an activating group) is 1. The van der Waals surface area contributed by atoms with Crippen molar-refractivity contribution in [2.75, 3.05) is 52.0 Å². The van der Waals surface area contributed by atoms with Gasteiger partial charge in [-0.25, -0.2) is 9.97 Å². The number of fused-ring (bicyclic) bond motifs is 1. The number of nitrogens with one attached hydrogen (secondary N) is 1. The van der Waals surface area contributed by atoms with Crippen molar-refractivity contribution in [1.82, 2.24) is 14.9 Å². The number of aromatic nitrogens is 2. The Morgan fingerprint density at radius 2 is 2.06 bits per heavy atom. The number of hydrogen-bond acceptors (Lipinski definition) is 8. The van der Waals surface area contributed by atoms with Gasteiger partial charge in [-0.3, -0.25) is 0 Å². The zero-order valence-electron chi connectivity index (χ0n) is 19.3. The van der Waals surface area contributed by atoms with E-state index in [1.165, 1.54) is 0 Å². The van der Waals surface area contributed by atoms with E-state index in [0.717, 1.165) is 53.3 Å². The average molecular weight is 450 g/mol. The van der Waals surface area contributed by atoms with Gasteiger partial charge in [-0.1, -0.05) is 24.3 Å². The zero-order chi connectivity index (χ0) is 23.6. The summed E-state index contributed by atoms with van der Waals surface area (Å²) < 4.78 is 11.2. The van der Waals surface area contributed by atoms with E-state index in [9.17, 15) is 4.79 Å². The lowest BCUT2D eigenvalue weighted by molar-refractivity contribution is -0.112. The highest BCUT2D eigenvalue weighted by Crippen LogP contribution is 2.30. The second-order valence-corrected chi connectivity index (χ2v) is 7.93. The summed E-state index contributed by atoms with van der Waals surface area (Å²) in [4.78, 5) is 20.7. The number of anilines is 2. The van der Waals surface area contributed by atoms with Crippen LogP contribution in [0.25, 0.3) is 11.3 Å². The maximum atomic E-state index is 10.5. The van der Waals surface area contributed by atoms with E-state index in [4.69, 9.17) is 15.2 Å². The van der Waals surface area contributed by atoms with Gasteiger partial charge in [-0.05, 0) is 50.3 Å². The first-order chi connectivity index (χ1) is 16.0. The lowest BCUT2D eigenvalue weighted by atomic mass is 9.98. The molecule has 1 aliphatic rings. The Labute approximate surface area is 194 Å². The number of hydrogen-bond donors (Lipinski definition) is 2. The van der Waals surface area contributed by atoms with Gasteiger partial charge in [0.25, 0.3) is 0 Å². The van der Waals surface area contributed by atoms with Crippen molar-refractivity contribution in [3.63, 3.8) is 0 Å². The number of nitrogens with two attached hydrogens (primary N) is 1. The van der Waals surface area contributed by atoms with Gasteiger partial charge in [0.15, 0.2) is 0 Å². The molecule has 4 rings (SSSR count). The Kier molecular flexibility index (Phi) is 8.60. The van der Waals surface area contributed by atoms with E-state index in [-0.39, 0.29) is 11.9 Å². The molecule has 2 heterocycles. The van der Waals surface area contributed by atoms with Gasteiger partial charge >= 0.3 is 0 Å². The fourth-order valence-corrected chi connectivity index (χ4v) is 3.32. The fourth-order valence-electron chi connectivity index (χ4n) is 3.32. The molecule has 1 unspecified atom stereocenters. The molecule has 1 aromatic heterocycles. The quantitative estimate of drug-likeness (QED) is 0.531. The standard InChI is InChI=1S/C15H21N5O.C10H10O2/c1-17-13-5-4-11(12-6-7-18-15(16)19-12)10-14(13)21-9-8-20(2)3;11-6-8-5-9-3-1-2-4-10(9)12-7-8/h4-7,10,17H,8-9H2,1-3H3,(H2,16,18,19);1-4,6,8H,5,7H2.